The van der Waals surface area contributed by atoms with Gasteiger partial charge in [-0.2, -0.15) is 0 Å². The van der Waals surface area contributed by atoms with Crippen LogP contribution in [0.3, 0.4) is 0 Å². The first kappa shape index (κ1) is 19.7. The van der Waals surface area contributed by atoms with E-state index in [-0.39, 0.29) is 12.5 Å². The molecule has 8 nitrogen and oxygen atoms in total. The summed E-state index contributed by atoms with van der Waals surface area (Å²) in [5.41, 5.74) is 6.67. The number of rotatable bonds is 8. The third-order valence-corrected chi connectivity index (χ3v) is 3.91. The van der Waals surface area contributed by atoms with Gasteiger partial charge in [0.1, 0.15) is 17.3 Å². The number of para-hydroxylation sites is 2. The Labute approximate surface area is 167 Å². The summed E-state index contributed by atoms with van der Waals surface area (Å²) >= 11 is 0. The van der Waals surface area contributed by atoms with Crippen molar-refractivity contribution >= 4 is 29.0 Å². The largest absolute Gasteiger partial charge is 0.495 e. The lowest BCUT2D eigenvalue weighted by molar-refractivity contribution is -0.119. The van der Waals surface area contributed by atoms with Crippen LogP contribution in [0.2, 0.25) is 0 Å². The molecule has 0 aliphatic rings. The van der Waals surface area contributed by atoms with Crippen LogP contribution in [0.4, 0.5) is 17.2 Å². The number of anilines is 3. The Kier molecular flexibility index (Phi) is 6.26. The molecule has 0 atom stereocenters. The van der Waals surface area contributed by atoms with Gasteiger partial charge in [0.05, 0.1) is 18.4 Å². The van der Waals surface area contributed by atoms with Crippen LogP contribution in [-0.4, -0.2) is 30.5 Å². The fourth-order valence-corrected chi connectivity index (χ4v) is 2.55. The minimum atomic E-state index is -0.561. The van der Waals surface area contributed by atoms with Gasteiger partial charge in [0.2, 0.25) is 0 Å². The number of carbonyl (C=O) groups is 2. The number of ether oxygens (including phenoxy) is 2. The normalized spacial score (nSPS) is 10.1. The van der Waals surface area contributed by atoms with Gasteiger partial charge in [-0.05, 0) is 48.5 Å². The van der Waals surface area contributed by atoms with Gasteiger partial charge in [-0.3, -0.25) is 9.59 Å². The standard InChI is InChI=1S/C21H20N4O4/c1-28-18-7-3-2-6-17(18)25-20-16(5-4-12-23-20)21(27)24-14-8-10-15(11-9-14)29-13-19(22)26/h2-12H,13H2,1H3,(H2,22,26)(H,23,25)(H,24,27). The average molecular weight is 392 g/mol. The van der Waals surface area contributed by atoms with Crippen LogP contribution in [0.1, 0.15) is 10.4 Å². The van der Waals surface area contributed by atoms with Gasteiger partial charge in [0.15, 0.2) is 6.61 Å². The fourth-order valence-electron chi connectivity index (χ4n) is 2.55. The van der Waals surface area contributed by atoms with E-state index in [1.54, 1.807) is 49.7 Å². The molecule has 1 heterocycles. The van der Waals surface area contributed by atoms with E-state index >= 15 is 0 Å². The van der Waals surface area contributed by atoms with Gasteiger partial charge < -0.3 is 25.8 Å². The van der Waals surface area contributed by atoms with Gasteiger partial charge in [0, 0.05) is 11.9 Å². The quantitative estimate of drug-likeness (QED) is 0.543. The van der Waals surface area contributed by atoms with Gasteiger partial charge in [0.25, 0.3) is 11.8 Å². The van der Waals surface area contributed by atoms with Gasteiger partial charge in [-0.1, -0.05) is 12.1 Å². The van der Waals surface area contributed by atoms with Crippen molar-refractivity contribution in [1.29, 1.82) is 0 Å². The number of nitrogens with one attached hydrogen (secondary N) is 2. The Morgan fingerprint density at radius 3 is 2.52 bits per heavy atom. The summed E-state index contributed by atoms with van der Waals surface area (Å²) < 4.78 is 10.5. The van der Waals surface area contributed by atoms with Crippen molar-refractivity contribution in [2.45, 2.75) is 0 Å². The third kappa shape index (κ3) is 5.23. The highest BCUT2D eigenvalue weighted by atomic mass is 16.5. The van der Waals surface area contributed by atoms with E-state index < -0.39 is 5.91 Å². The summed E-state index contributed by atoms with van der Waals surface area (Å²) in [5.74, 6) is 0.615. The van der Waals surface area contributed by atoms with Crippen LogP contribution < -0.4 is 25.8 Å². The topological polar surface area (TPSA) is 116 Å². The van der Waals surface area contributed by atoms with E-state index in [2.05, 4.69) is 15.6 Å². The highest BCUT2D eigenvalue weighted by molar-refractivity contribution is 6.07. The molecule has 3 aromatic rings. The monoisotopic (exact) mass is 392 g/mol. The third-order valence-electron chi connectivity index (χ3n) is 3.91. The molecular formula is C21H20N4O4. The molecule has 0 spiro atoms. The molecule has 0 aliphatic carbocycles. The molecule has 0 bridgehead atoms. The average Bonchev–Trinajstić information content (AvgIpc) is 2.74. The minimum Gasteiger partial charge on any atom is -0.495 e. The molecule has 1 aromatic heterocycles. The number of hydrogen-bond acceptors (Lipinski definition) is 6. The maximum atomic E-state index is 12.8. The molecule has 2 amide bonds. The smallest absolute Gasteiger partial charge is 0.259 e. The maximum Gasteiger partial charge on any atom is 0.259 e. The van der Waals surface area contributed by atoms with Gasteiger partial charge in [-0.15, -0.1) is 0 Å². The second-order valence-electron chi connectivity index (χ2n) is 5.96. The summed E-state index contributed by atoms with van der Waals surface area (Å²) in [6.45, 7) is -0.209. The lowest BCUT2D eigenvalue weighted by Gasteiger charge is -2.13. The highest BCUT2D eigenvalue weighted by Crippen LogP contribution is 2.28. The molecule has 0 unspecified atom stereocenters. The number of hydrogen-bond donors (Lipinski definition) is 3. The van der Waals surface area contributed by atoms with Crippen molar-refractivity contribution in [3.63, 3.8) is 0 Å². The minimum absolute atomic E-state index is 0.209. The number of pyridine rings is 1. The Morgan fingerprint density at radius 1 is 1.03 bits per heavy atom. The maximum absolute atomic E-state index is 12.8. The highest BCUT2D eigenvalue weighted by Gasteiger charge is 2.14. The first-order valence-corrected chi connectivity index (χ1v) is 8.74. The lowest BCUT2D eigenvalue weighted by atomic mass is 10.2. The molecule has 2 aromatic carbocycles. The zero-order valence-corrected chi connectivity index (χ0v) is 15.7. The second kappa shape index (κ2) is 9.23. The first-order valence-electron chi connectivity index (χ1n) is 8.74. The number of aromatic nitrogens is 1. The molecule has 4 N–H and O–H groups in total. The molecule has 0 aliphatic heterocycles. The zero-order chi connectivity index (χ0) is 20.6. The van der Waals surface area contributed by atoms with E-state index in [1.165, 1.54) is 0 Å². The summed E-state index contributed by atoms with van der Waals surface area (Å²) in [4.78, 5) is 27.8. The Balaban J connectivity index is 1.74. The molecule has 0 radical (unpaired) electrons. The summed E-state index contributed by atoms with van der Waals surface area (Å²) in [6.07, 6.45) is 1.60. The van der Waals surface area contributed by atoms with E-state index in [9.17, 15) is 9.59 Å². The lowest BCUT2D eigenvalue weighted by Crippen LogP contribution is -2.20. The van der Waals surface area contributed by atoms with Crippen molar-refractivity contribution in [3.8, 4) is 11.5 Å². The van der Waals surface area contributed by atoms with E-state index in [4.69, 9.17) is 15.2 Å². The number of benzene rings is 2. The number of amides is 2. The van der Waals surface area contributed by atoms with Crippen LogP contribution in [-0.2, 0) is 4.79 Å². The molecular weight excluding hydrogens is 372 g/mol. The Bertz CT molecular complexity index is 1010. The molecule has 29 heavy (non-hydrogen) atoms. The number of carbonyl (C=O) groups excluding carboxylic acids is 2. The van der Waals surface area contributed by atoms with Crippen molar-refractivity contribution in [3.05, 3.63) is 72.4 Å². The summed E-state index contributed by atoms with van der Waals surface area (Å²) in [6, 6.07) is 17.3. The number of nitrogens with zero attached hydrogens (tertiary/aromatic N) is 1. The predicted octanol–water partition coefficient (Wildman–Crippen LogP) is 2.95. The van der Waals surface area contributed by atoms with Crippen LogP contribution in [0.15, 0.2) is 66.9 Å². The SMILES string of the molecule is COc1ccccc1Nc1ncccc1C(=O)Nc1ccc(OCC(N)=O)cc1. The van der Waals surface area contributed by atoms with Crippen molar-refractivity contribution in [2.75, 3.05) is 24.4 Å². The van der Waals surface area contributed by atoms with Gasteiger partial charge in [-0.25, -0.2) is 4.98 Å². The molecule has 0 saturated heterocycles. The molecule has 0 saturated carbocycles. The molecule has 148 valence electrons. The number of primary amides is 1. The van der Waals surface area contributed by atoms with Crippen LogP contribution >= 0.6 is 0 Å². The zero-order valence-electron chi connectivity index (χ0n) is 15.7. The van der Waals surface area contributed by atoms with Crippen LogP contribution in [0.5, 0.6) is 11.5 Å². The van der Waals surface area contributed by atoms with E-state index in [0.717, 1.165) is 0 Å². The number of methoxy groups -OCH3 is 1. The predicted molar refractivity (Wildman–Crippen MR) is 110 cm³/mol. The van der Waals surface area contributed by atoms with Gasteiger partial charge >= 0.3 is 0 Å². The van der Waals surface area contributed by atoms with E-state index in [0.29, 0.717) is 34.3 Å². The molecule has 8 heteroatoms. The first-order chi connectivity index (χ1) is 14.1. The molecule has 3 rings (SSSR count). The van der Waals surface area contributed by atoms with E-state index in [1.807, 2.05) is 24.3 Å². The van der Waals surface area contributed by atoms with Crippen LogP contribution in [0.25, 0.3) is 0 Å². The summed E-state index contributed by atoms with van der Waals surface area (Å²) in [5, 5.41) is 5.94. The fraction of sp³-hybridized carbons (Fsp3) is 0.0952. The summed E-state index contributed by atoms with van der Waals surface area (Å²) in [7, 11) is 1.57. The van der Waals surface area contributed by atoms with Crippen molar-refractivity contribution in [2.24, 2.45) is 5.73 Å². The van der Waals surface area contributed by atoms with Crippen molar-refractivity contribution < 1.29 is 19.1 Å². The molecule has 0 fully saturated rings. The Morgan fingerprint density at radius 2 is 1.79 bits per heavy atom. The second-order valence-corrected chi connectivity index (χ2v) is 5.96. The van der Waals surface area contributed by atoms with Crippen molar-refractivity contribution in [1.82, 2.24) is 4.98 Å². The van der Waals surface area contributed by atoms with Crippen LogP contribution in [0, 0.1) is 0 Å². The number of nitrogens with two attached hydrogens (primary N) is 1. The Hall–Kier alpha value is -4.07.